The van der Waals surface area contributed by atoms with E-state index in [1.807, 2.05) is 31.2 Å². The fraction of sp³-hybridized carbons (Fsp3) is 0.118. The maximum absolute atomic E-state index is 12.1. The highest BCUT2D eigenvalue weighted by molar-refractivity contribution is 6.42. The van der Waals surface area contributed by atoms with Crippen LogP contribution in [0.15, 0.2) is 42.5 Å². The molecule has 5 nitrogen and oxygen atoms in total. The van der Waals surface area contributed by atoms with Gasteiger partial charge < -0.3 is 0 Å². The standard InChI is InChI=1S/C17H14Cl2N4O/c1-10-2-5-12(6-3-10)16-21-17(23-22-16)20-15(24)9-11-4-7-13(18)14(19)8-11/h2-8H,9H2,1H3,(H2,20,21,22,23,24). The number of amides is 1. The highest BCUT2D eigenvalue weighted by atomic mass is 35.5. The third-order valence-corrected chi connectivity index (χ3v) is 4.15. The Morgan fingerprint density at radius 3 is 2.58 bits per heavy atom. The van der Waals surface area contributed by atoms with Crippen LogP contribution < -0.4 is 5.32 Å². The fourth-order valence-electron chi connectivity index (χ4n) is 2.16. The van der Waals surface area contributed by atoms with Crippen molar-refractivity contribution in [3.63, 3.8) is 0 Å². The van der Waals surface area contributed by atoms with Crippen molar-refractivity contribution in [2.45, 2.75) is 13.3 Å². The summed E-state index contributed by atoms with van der Waals surface area (Å²) >= 11 is 11.8. The van der Waals surface area contributed by atoms with Gasteiger partial charge in [-0.15, -0.1) is 5.10 Å². The van der Waals surface area contributed by atoms with Crippen molar-refractivity contribution in [2.75, 3.05) is 5.32 Å². The summed E-state index contributed by atoms with van der Waals surface area (Å²) in [5.41, 5.74) is 2.82. The van der Waals surface area contributed by atoms with Crippen LogP contribution in [0.3, 0.4) is 0 Å². The van der Waals surface area contributed by atoms with Crippen LogP contribution in [0.25, 0.3) is 11.4 Å². The Hall–Kier alpha value is -2.37. The second kappa shape index (κ2) is 7.03. The second-order valence-electron chi connectivity index (χ2n) is 5.35. The minimum absolute atomic E-state index is 0.158. The molecule has 0 spiro atoms. The fourth-order valence-corrected chi connectivity index (χ4v) is 2.48. The molecule has 0 bridgehead atoms. The van der Waals surface area contributed by atoms with Crippen LogP contribution in [0.2, 0.25) is 10.0 Å². The monoisotopic (exact) mass is 360 g/mol. The highest BCUT2D eigenvalue weighted by Crippen LogP contribution is 2.23. The number of halogens is 2. The first kappa shape index (κ1) is 16.5. The number of anilines is 1. The van der Waals surface area contributed by atoms with Crippen LogP contribution >= 0.6 is 23.2 Å². The molecule has 2 aromatic carbocycles. The van der Waals surface area contributed by atoms with E-state index < -0.39 is 0 Å². The van der Waals surface area contributed by atoms with E-state index in [0.717, 1.165) is 16.7 Å². The lowest BCUT2D eigenvalue weighted by Gasteiger charge is -2.03. The molecule has 7 heteroatoms. The van der Waals surface area contributed by atoms with Gasteiger partial charge in [0.05, 0.1) is 16.5 Å². The third kappa shape index (κ3) is 3.93. The van der Waals surface area contributed by atoms with Gasteiger partial charge in [-0.3, -0.25) is 15.2 Å². The first-order valence-corrected chi connectivity index (χ1v) is 8.00. The van der Waals surface area contributed by atoms with Crippen LogP contribution in [0.1, 0.15) is 11.1 Å². The van der Waals surface area contributed by atoms with Crippen LogP contribution in [0.5, 0.6) is 0 Å². The first-order valence-electron chi connectivity index (χ1n) is 7.24. The molecule has 2 N–H and O–H groups in total. The van der Waals surface area contributed by atoms with Gasteiger partial charge in [-0.05, 0) is 24.6 Å². The van der Waals surface area contributed by atoms with Crippen molar-refractivity contribution in [1.29, 1.82) is 0 Å². The molecule has 0 aliphatic heterocycles. The van der Waals surface area contributed by atoms with Crippen LogP contribution in [-0.2, 0) is 11.2 Å². The summed E-state index contributed by atoms with van der Waals surface area (Å²) < 4.78 is 0. The summed E-state index contributed by atoms with van der Waals surface area (Å²) in [5.74, 6) is 0.596. The zero-order valence-electron chi connectivity index (χ0n) is 12.8. The summed E-state index contributed by atoms with van der Waals surface area (Å²) in [6.07, 6.45) is 0.158. The Bertz CT molecular complexity index is 875. The number of H-pyrrole nitrogens is 1. The normalized spacial score (nSPS) is 10.6. The summed E-state index contributed by atoms with van der Waals surface area (Å²) in [6, 6.07) is 12.9. The molecule has 122 valence electrons. The number of aromatic nitrogens is 3. The van der Waals surface area contributed by atoms with E-state index in [1.165, 1.54) is 0 Å². The lowest BCUT2D eigenvalue weighted by atomic mass is 10.1. The van der Waals surface area contributed by atoms with Crippen LogP contribution in [0.4, 0.5) is 5.95 Å². The molecule has 0 aliphatic carbocycles. The second-order valence-corrected chi connectivity index (χ2v) is 6.16. The molecule has 0 unspecified atom stereocenters. The quantitative estimate of drug-likeness (QED) is 0.729. The predicted molar refractivity (Wildman–Crippen MR) is 95.4 cm³/mol. The van der Waals surface area contributed by atoms with E-state index in [-0.39, 0.29) is 18.3 Å². The molecule has 1 heterocycles. The molecule has 0 aliphatic rings. The first-order chi connectivity index (χ1) is 11.5. The number of carbonyl (C=O) groups is 1. The molecular weight excluding hydrogens is 347 g/mol. The molecule has 24 heavy (non-hydrogen) atoms. The largest absolute Gasteiger partial charge is 0.293 e. The van der Waals surface area contributed by atoms with Gasteiger partial charge >= 0.3 is 0 Å². The highest BCUT2D eigenvalue weighted by Gasteiger charge is 2.10. The van der Waals surface area contributed by atoms with Crippen molar-refractivity contribution >= 4 is 35.1 Å². The average Bonchev–Trinajstić information content (AvgIpc) is 3.00. The van der Waals surface area contributed by atoms with Crippen molar-refractivity contribution < 1.29 is 4.79 Å². The van der Waals surface area contributed by atoms with Gasteiger partial charge in [0.15, 0.2) is 5.82 Å². The number of hydrogen-bond acceptors (Lipinski definition) is 3. The Kier molecular flexibility index (Phi) is 4.83. The Morgan fingerprint density at radius 1 is 1.12 bits per heavy atom. The number of rotatable bonds is 4. The Balaban J connectivity index is 1.66. The number of carbonyl (C=O) groups excluding carboxylic acids is 1. The molecule has 0 fully saturated rings. The number of hydrogen-bond donors (Lipinski definition) is 2. The Labute approximate surface area is 149 Å². The lowest BCUT2D eigenvalue weighted by molar-refractivity contribution is -0.115. The number of aryl methyl sites for hydroxylation is 1. The molecule has 3 rings (SSSR count). The van der Waals surface area contributed by atoms with Gasteiger partial charge in [-0.25, -0.2) is 0 Å². The van der Waals surface area contributed by atoms with E-state index in [1.54, 1.807) is 18.2 Å². The lowest BCUT2D eigenvalue weighted by Crippen LogP contribution is -2.15. The summed E-state index contributed by atoms with van der Waals surface area (Å²) in [5, 5.41) is 10.4. The van der Waals surface area contributed by atoms with E-state index in [2.05, 4.69) is 20.5 Å². The molecule has 1 amide bonds. The summed E-state index contributed by atoms with van der Waals surface area (Å²) in [6.45, 7) is 2.01. The number of nitrogens with zero attached hydrogens (tertiary/aromatic N) is 2. The maximum Gasteiger partial charge on any atom is 0.249 e. The zero-order chi connectivity index (χ0) is 17.1. The SMILES string of the molecule is Cc1ccc(-c2nc(NC(=O)Cc3ccc(Cl)c(Cl)c3)n[nH]2)cc1. The molecule has 1 aromatic heterocycles. The molecule has 0 saturated carbocycles. The summed E-state index contributed by atoms with van der Waals surface area (Å²) in [4.78, 5) is 16.4. The van der Waals surface area contributed by atoms with Crippen LogP contribution in [-0.4, -0.2) is 21.1 Å². The van der Waals surface area contributed by atoms with E-state index in [4.69, 9.17) is 23.2 Å². The van der Waals surface area contributed by atoms with Gasteiger partial charge in [0.25, 0.3) is 0 Å². The maximum atomic E-state index is 12.1. The van der Waals surface area contributed by atoms with E-state index in [0.29, 0.717) is 15.9 Å². The molecule has 0 atom stereocenters. The molecular formula is C17H14Cl2N4O. The van der Waals surface area contributed by atoms with E-state index in [9.17, 15) is 4.79 Å². The zero-order valence-corrected chi connectivity index (χ0v) is 14.3. The van der Waals surface area contributed by atoms with Crippen molar-refractivity contribution in [3.8, 4) is 11.4 Å². The smallest absolute Gasteiger partial charge is 0.249 e. The van der Waals surface area contributed by atoms with Gasteiger partial charge in [-0.1, -0.05) is 59.1 Å². The molecule has 0 saturated heterocycles. The van der Waals surface area contributed by atoms with E-state index >= 15 is 0 Å². The number of nitrogens with one attached hydrogen (secondary N) is 2. The summed E-state index contributed by atoms with van der Waals surface area (Å²) in [7, 11) is 0. The Morgan fingerprint density at radius 2 is 1.88 bits per heavy atom. The molecule has 3 aromatic rings. The minimum atomic E-state index is -0.233. The number of aromatic amines is 1. The van der Waals surface area contributed by atoms with Gasteiger partial charge in [0.2, 0.25) is 11.9 Å². The minimum Gasteiger partial charge on any atom is -0.293 e. The van der Waals surface area contributed by atoms with Crippen molar-refractivity contribution in [2.24, 2.45) is 0 Å². The van der Waals surface area contributed by atoms with Gasteiger partial charge in [-0.2, -0.15) is 4.98 Å². The van der Waals surface area contributed by atoms with Crippen molar-refractivity contribution in [3.05, 3.63) is 63.6 Å². The topological polar surface area (TPSA) is 70.7 Å². The molecule has 0 radical (unpaired) electrons. The number of benzene rings is 2. The van der Waals surface area contributed by atoms with Crippen LogP contribution in [0, 0.1) is 6.92 Å². The average molecular weight is 361 g/mol. The van der Waals surface area contributed by atoms with Gasteiger partial charge in [0, 0.05) is 5.56 Å². The van der Waals surface area contributed by atoms with Crippen molar-refractivity contribution in [1.82, 2.24) is 15.2 Å². The third-order valence-electron chi connectivity index (χ3n) is 3.41. The van der Waals surface area contributed by atoms with Gasteiger partial charge in [0.1, 0.15) is 0 Å². The predicted octanol–water partition coefficient (Wildman–Crippen LogP) is 4.27.